The fraction of sp³-hybridized carbons (Fsp3) is 0.207. The summed E-state index contributed by atoms with van der Waals surface area (Å²) in [4.78, 5) is 42.0. The summed E-state index contributed by atoms with van der Waals surface area (Å²) in [5.74, 6) is 0.794. The summed E-state index contributed by atoms with van der Waals surface area (Å²) in [6.07, 6.45) is -0.989. The second kappa shape index (κ2) is 13.7. The normalized spacial score (nSPS) is 11.1. The third-order valence-corrected chi connectivity index (χ3v) is 6.28. The number of aromatic nitrogens is 3. The number of ether oxygens (including phenoxy) is 2. The van der Waals surface area contributed by atoms with Crippen LogP contribution in [0.2, 0.25) is 0 Å². The predicted molar refractivity (Wildman–Crippen MR) is 163 cm³/mol. The first-order chi connectivity index (χ1) is 20.3. The van der Waals surface area contributed by atoms with Crippen LogP contribution in [0.15, 0.2) is 78.9 Å². The van der Waals surface area contributed by atoms with E-state index in [0.29, 0.717) is 28.6 Å². The van der Waals surface area contributed by atoms with Crippen LogP contribution in [0.25, 0.3) is 0 Å². The number of carbonyl (C=O) groups excluding carboxylic acids is 2. The van der Waals surface area contributed by atoms with Crippen molar-refractivity contribution in [3.05, 3.63) is 78.9 Å². The summed E-state index contributed by atoms with van der Waals surface area (Å²) < 4.78 is 10.4. The molecule has 1 unspecified atom stereocenters. The highest BCUT2D eigenvalue weighted by molar-refractivity contribution is 5.99. The number of amides is 2. The summed E-state index contributed by atoms with van der Waals surface area (Å²) in [7, 11) is 6.47. The Morgan fingerprint density at radius 1 is 0.762 bits per heavy atom. The van der Waals surface area contributed by atoms with Crippen LogP contribution in [0.1, 0.15) is 0 Å². The summed E-state index contributed by atoms with van der Waals surface area (Å²) in [6, 6.07) is 23.4. The lowest BCUT2D eigenvalue weighted by atomic mass is 10.2. The molecule has 0 bridgehead atoms. The molecule has 0 aliphatic rings. The van der Waals surface area contributed by atoms with E-state index in [4.69, 9.17) is 15.2 Å². The third kappa shape index (κ3) is 7.53. The van der Waals surface area contributed by atoms with Crippen LogP contribution in [0.3, 0.4) is 0 Å². The molecule has 1 heterocycles. The molecule has 0 saturated carbocycles. The quantitative estimate of drug-likeness (QED) is 0.185. The lowest BCUT2D eigenvalue weighted by Gasteiger charge is -2.26. The molecule has 0 radical (unpaired) electrons. The first-order valence-corrected chi connectivity index (χ1v) is 12.9. The van der Waals surface area contributed by atoms with Gasteiger partial charge in [0.2, 0.25) is 23.8 Å². The summed E-state index contributed by atoms with van der Waals surface area (Å²) in [6.45, 7) is -0.115. The SMILES string of the molecule is COc1ccc(N(C)C(=O)CNc2nc(N)nc(NC(Nc3ccccc3)C(=O)N(C)c3ccc(OC)cc3)n2)cc1. The number of hydrogen-bond acceptors (Lipinski definition) is 11. The highest BCUT2D eigenvalue weighted by Crippen LogP contribution is 2.21. The maximum atomic E-state index is 13.6. The van der Waals surface area contributed by atoms with Gasteiger partial charge in [-0.15, -0.1) is 0 Å². The van der Waals surface area contributed by atoms with E-state index in [-0.39, 0.29) is 36.2 Å². The summed E-state index contributed by atoms with van der Waals surface area (Å²) in [5.41, 5.74) is 7.98. The van der Waals surface area contributed by atoms with Crippen molar-refractivity contribution in [2.75, 3.05) is 66.3 Å². The first-order valence-electron chi connectivity index (χ1n) is 12.9. The molecule has 5 N–H and O–H groups in total. The molecule has 0 aliphatic carbocycles. The van der Waals surface area contributed by atoms with Crippen LogP contribution in [-0.2, 0) is 9.59 Å². The van der Waals surface area contributed by atoms with Gasteiger partial charge in [-0.1, -0.05) is 18.2 Å². The fourth-order valence-corrected chi connectivity index (χ4v) is 3.88. The predicted octanol–water partition coefficient (Wildman–Crippen LogP) is 3.06. The number of nitrogens with zero attached hydrogens (tertiary/aromatic N) is 5. The zero-order valence-electron chi connectivity index (χ0n) is 23.7. The Bertz CT molecular complexity index is 1490. The van der Waals surface area contributed by atoms with Crippen LogP contribution in [0.4, 0.5) is 34.9 Å². The van der Waals surface area contributed by atoms with E-state index in [1.807, 2.05) is 30.3 Å². The average molecular weight is 572 g/mol. The van der Waals surface area contributed by atoms with Crippen molar-refractivity contribution in [2.45, 2.75) is 6.17 Å². The van der Waals surface area contributed by atoms with Crippen LogP contribution in [0.5, 0.6) is 11.5 Å². The molecule has 4 aromatic rings. The number of methoxy groups -OCH3 is 2. The number of nitrogen functional groups attached to an aromatic ring is 1. The van der Waals surface area contributed by atoms with Crippen molar-refractivity contribution in [1.82, 2.24) is 15.0 Å². The number of anilines is 6. The molecule has 0 aliphatic heterocycles. The van der Waals surface area contributed by atoms with Gasteiger partial charge in [-0.2, -0.15) is 15.0 Å². The van der Waals surface area contributed by atoms with Gasteiger partial charge in [0.15, 0.2) is 6.17 Å². The lowest BCUT2D eigenvalue weighted by molar-refractivity contribution is -0.118. The maximum absolute atomic E-state index is 13.6. The Hall–Kier alpha value is -5.59. The van der Waals surface area contributed by atoms with Crippen molar-refractivity contribution in [3.63, 3.8) is 0 Å². The van der Waals surface area contributed by atoms with Gasteiger partial charge >= 0.3 is 0 Å². The van der Waals surface area contributed by atoms with Gasteiger partial charge in [0.1, 0.15) is 11.5 Å². The third-order valence-electron chi connectivity index (χ3n) is 6.28. The van der Waals surface area contributed by atoms with Crippen LogP contribution >= 0.6 is 0 Å². The van der Waals surface area contributed by atoms with Crippen molar-refractivity contribution in [2.24, 2.45) is 0 Å². The van der Waals surface area contributed by atoms with Gasteiger partial charge in [-0.05, 0) is 60.7 Å². The van der Waals surface area contributed by atoms with E-state index in [1.54, 1.807) is 76.8 Å². The highest BCUT2D eigenvalue weighted by atomic mass is 16.5. The van der Waals surface area contributed by atoms with E-state index in [0.717, 1.165) is 0 Å². The number of rotatable bonds is 12. The van der Waals surface area contributed by atoms with E-state index < -0.39 is 6.17 Å². The fourth-order valence-electron chi connectivity index (χ4n) is 3.88. The molecule has 0 fully saturated rings. The molecule has 0 spiro atoms. The molecular formula is C29H33N9O4. The second-order valence-electron chi connectivity index (χ2n) is 9.03. The summed E-state index contributed by atoms with van der Waals surface area (Å²) >= 11 is 0. The summed E-state index contributed by atoms with van der Waals surface area (Å²) in [5, 5.41) is 9.07. The zero-order valence-corrected chi connectivity index (χ0v) is 23.7. The number of hydrogen-bond donors (Lipinski definition) is 4. The van der Waals surface area contributed by atoms with Gasteiger partial charge in [0.05, 0.1) is 20.8 Å². The molecule has 13 heteroatoms. The maximum Gasteiger partial charge on any atom is 0.270 e. The van der Waals surface area contributed by atoms with E-state index in [9.17, 15) is 9.59 Å². The van der Waals surface area contributed by atoms with E-state index >= 15 is 0 Å². The molecule has 1 aromatic heterocycles. The minimum atomic E-state index is -0.989. The van der Waals surface area contributed by atoms with E-state index in [1.165, 1.54) is 9.80 Å². The second-order valence-corrected chi connectivity index (χ2v) is 9.03. The molecule has 0 saturated heterocycles. The van der Waals surface area contributed by atoms with Crippen molar-refractivity contribution >= 4 is 46.7 Å². The van der Waals surface area contributed by atoms with Crippen LogP contribution < -0.4 is 41.0 Å². The number of benzene rings is 3. The molecule has 218 valence electrons. The highest BCUT2D eigenvalue weighted by Gasteiger charge is 2.25. The van der Waals surface area contributed by atoms with Gasteiger partial charge in [0, 0.05) is 31.2 Å². The van der Waals surface area contributed by atoms with Crippen molar-refractivity contribution in [3.8, 4) is 11.5 Å². The monoisotopic (exact) mass is 571 g/mol. The number of likely N-dealkylation sites (N-methyl/N-ethyl adjacent to an activating group) is 2. The largest absolute Gasteiger partial charge is 0.497 e. The van der Waals surface area contributed by atoms with Crippen LogP contribution in [-0.4, -0.2) is 67.8 Å². The smallest absolute Gasteiger partial charge is 0.270 e. The Morgan fingerprint density at radius 2 is 1.31 bits per heavy atom. The average Bonchev–Trinajstić information content (AvgIpc) is 3.02. The number of nitrogens with one attached hydrogen (secondary N) is 3. The first kappa shape index (κ1) is 29.4. The lowest BCUT2D eigenvalue weighted by Crippen LogP contribution is -2.46. The Morgan fingerprint density at radius 3 is 1.88 bits per heavy atom. The topological polar surface area (TPSA) is 160 Å². The van der Waals surface area contributed by atoms with Crippen molar-refractivity contribution < 1.29 is 19.1 Å². The van der Waals surface area contributed by atoms with Gasteiger partial charge in [-0.25, -0.2) is 0 Å². The molecule has 42 heavy (non-hydrogen) atoms. The molecule has 3 aromatic carbocycles. The van der Waals surface area contributed by atoms with Crippen molar-refractivity contribution in [1.29, 1.82) is 0 Å². The number of nitrogens with two attached hydrogens (primary N) is 1. The number of carbonyl (C=O) groups is 2. The zero-order chi connectivity index (χ0) is 30.1. The Balaban J connectivity index is 1.49. The van der Waals surface area contributed by atoms with Gasteiger partial charge in [0.25, 0.3) is 5.91 Å². The van der Waals surface area contributed by atoms with Gasteiger partial charge < -0.3 is 41.0 Å². The molecule has 4 rings (SSSR count). The molecule has 1 atom stereocenters. The van der Waals surface area contributed by atoms with Gasteiger partial charge in [-0.3, -0.25) is 9.59 Å². The van der Waals surface area contributed by atoms with Crippen LogP contribution in [0, 0.1) is 0 Å². The molecular weight excluding hydrogens is 538 g/mol. The minimum Gasteiger partial charge on any atom is -0.497 e. The Labute approximate surface area is 243 Å². The standard InChI is InChI=1S/C29H33N9O4/c1-37(20-10-14-22(41-3)15-11-20)24(39)18-31-28-34-27(30)35-29(36-28)33-25(32-19-8-6-5-7-9-19)26(40)38(2)21-12-16-23(42-4)17-13-21/h5-17,25,32H,18H2,1-4H3,(H4,30,31,33,34,35,36). The molecule has 2 amide bonds. The molecule has 13 nitrogen and oxygen atoms in total. The Kier molecular flexibility index (Phi) is 9.56. The minimum absolute atomic E-state index is 0.0332. The van der Waals surface area contributed by atoms with E-state index in [2.05, 4.69) is 30.9 Å². The number of para-hydroxylation sites is 1.